The maximum atomic E-state index is 13.6. The zero-order valence-electron chi connectivity index (χ0n) is 10.8. The zero-order valence-corrected chi connectivity index (χ0v) is 10.8. The van der Waals surface area contributed by atoms with E-state index in [0.29, 0.717) is 23.6 Å². The van der Waals surface area contributed by atoms with E-state index in [1.807, 2.05) is 30.3 Å². The third-order valence-electron chi connectivity index (χ3n) is 3.19. The van der Waals surface area contributed by atoms with Gasteiger partial charge in [0.25, 0.3) is 0 Å². The molecular formula is C16H14FN3. The van der Waals surface area contributed by atoms with Crippen LogP contribution in [0.5, 0.6) is 0 Å². The molecule has 0 amide bonds. The van der Waals surface area contributed by atoms with Crippen LogP contribution in [0.4, 0.5) is 15.9 Å². The van der Waals surface area contributed by atoms with Crippen LogP contribution in [0.15, 0.2) is 54.7 Å². The number of halogens is 1. The fourth-order valence-corrected chi connectivity index (χ4v) is 2.15. The average molecular weight is 267 g/mol. The Morgan fingerprint density at radius 2 is 1.95 bits per heavy atom. The normalized spacial score (nSPS) is 10.7. The number of pyridine rings is 1. The molecule has 3 nitrogen and oxygen atoms in total. The number of nitrogen functional groups attached to an aromatic ring is 1. The third-order valence-corrected chi connectivity index (χ3v) is 3.19. The minimum atomic E-state index is -0.222. The van der Waals surface area contributed by atoms with Crippen molar-refractivity contribution in [2.75, 3.05) is 11.1 Å². The first kappa shape index (κ1) is 12.4. The number of nitrogens with two attached hydrogens (primary N) is 1. The van der Waals surface area contributed by atoms with E-state index in [1.54, 1.807) is 18.3 Å². The van der Waals surface area contributed by atoms with Gasteiger partial charge in [0.15, 0.2) is 0 Å². The smallest absolute Gasteiger partial charge is 0.134 e. The van der Waals surface area contributed by atoms with E-state index in [-0.39, 0.29) is 5.82 Å². The highest BCUT2D eigenvalue weighted by atomic mass is 19.1. The highest BCUT2D eigenvalue weighted by Crippen LogP contribution is 2.24. The molecule has 1 aromatic heterocycles. The van der Waals surface area contributed by atoms with Gasteiger partial charge < -0.3 is 11.1 Å². The molecule has 20 heavy (non-hydrogen) atoms. The predicted molar refractivity (Wildman–Crippen MR) is 79.9 cm³/mol. The second kappa shape index (κ2) is 5.17. The summed E-state index contributed by atoms with van der Waals surface area (Å²) in [5.41, 5.74) is 7.10. The average Bonchev–Trinajstić information content (AvgIpc) is 2.46. The summed E-state index contributed by atoms with van der Waals surface area (Å²) in [6.07, 6.45) is 1.72. The standard InChI is InChI=1S/C16H14FN3/c17-15-4-2-1-3-12(15)10-20-16-14-9-13(18)6-5-11(14)7-8-19-16/h1-9H,10,18H2,(H,19,20). The van der Waals surface area contributed by atoms with Crippen molar-refractivity contribution < 1.29 is 4.39 Å². The number of nitrogens with one attached hydrogen (secondary N) is 1. The van der Waals surface area contributed by atoms with Crippen molar-refractivity contribution >= 4 is 22.3 Å². The lowest BCUT2D eigenvalue weighted by molar-refractivity contribution is 0.613. The van der Waals surface area contributed by atoms with Crippen LogP contribution in [-0.2, 0) is 6.54 Å². The van der Waals surface area contributed by atoms with Gasteiger partial charge in [0.05, 0.1) is 0 Å². The van der Waals surface area contributed by atoms with Crippen LogP contribution < -0.4 is 11.1 Å². The fraction of sp³-hybridized carbons (Fsp3) is 0.0625. The van der Waals surface area contributed by atoms with E-state index in [9.17, 15) is 4.39 Å². The first-order valence-electron chi connectivity index (χ1n) is 6.35. The van der Waals surface area contributed by atoms with Gasteiger partial charge in [0.2, 0.25) is 0 Å². The summed E-state index contributed by atoms with van der Waals surface area (Å²) in [7, 11) is 0. The monoisotopic (exact) mass is 267 g/mol. The lowest BCUT2D eigenvalue weighted by Gasteiger charge is -2.10. The van der Waals surface area contributed by atoms with Crippen LogP contribution >= 0.6 is 0 Å². The molecule has 4 heteroatoms. The second-order valence-electron chi connectivity index (χ2n) is 4.59. The van der Waals surface area contributed by atoms with E-state index >= 15 is 0 Å². The Hall–Kier alpha value is -2.62. The van der Waals surface area contributed by atoms with Crippen LogP contribution in [0.2, 0.25) is 0 Å². The zero-order chi connectivity index (χ0) is 13.9. The largest absolute Gasteiger partial charge is 0.399 e. The molecule has 0 radical (unpaired) electrons. The minimum Gasteiger partial charge on any atom is -0.399 e. The van der Waals surface area contributed by atoms with E-state index in [4.69, 9.17) is 5.73 Å². The van der Waals surface area contributed by atoms with Gasteiger partial charge >= 0.3 is 0 Å². The lowest BCUT2D eigenvalue weighted by Crippen LogP contribution is -2.03. The predicted octanol–water partition coefficient (Wildman–Crippen LogP) is 3.57. The Labute approximate surface area is 116 Å². The number of benzene rings is 2. The first-order valence-corrected chi connectivity index (χ1v) is 6.35. The number of fused-ring (bicyclic) bond motifs is 1. The van der Waals surface area contributed by atoms with Crippen LogP contribution in [0.1, 0.15) is 5.56 Å². The summed E-state index contributed by atoms with van der Waals surface area (Å²) >= 11 is 0. The number of anilines is 2. The van der Waals surface area contributed by atoms with Crippen molar-refractivity contribution in [3.05, 3.63) is 66.1 Å². The molecule has 0 atom stereocenters. The van der Waals surface area contributed by atoms with E-state index in [0.717, 1.165) is 10.8 Å². The van der Waals surface area contributed by atoms with Crippen LogP contribution in [0.25, 0.3) is 10.8 Å². The summed E-state index contributed by atoms with van der Waals surface area (Å²) in [5, 5.41) is 5.15. The van der Waals surface area contributed by atoms with Crippen molar-refractivity contribution in [1.82, 2.24) is 4.98 Å². The third kappa shape index (κ3) is 2.40. The first-order chi connectivity index (χ1) is 9.74. The van der Waals surface area contributed by atoms with Crippen LogP contribution in [0, 0.1) is 5.82 Å². The molecule has 0 aliphatic carbocycles. The van der Waals surface area contributed by atoms with Crippen molar-refractivity contribution in [3.8, 4) is 0 Å². The van der Waals surface area contributed by atoms with Gasteiger partial charge in [0.1, 0.15) is 11.6 Å². The van der Waals surface area contributed by atoms with E-state index in [1.165, 1.54) is 6.07 Å². The highest BCUT2D eigenvalue weighted by molar-refractivity contribution is 5.93. The molecule has 1 heterocycles. The van der Waals surface area contributed by atoms with Gasteiger partial charge in [-0.3, -0.25) is 0 Å². The molecule has 100 valence electrons. The number of hydrogen-bond donors (Lipinski definition) is 2. The Morgan fingerprint density at radius 3 is 2.80 bits per heavy atom. The topological polar surface area (TPSA) is 50.9 Å². The number of hydrogen-bond acceptors (Lipinski definition) is 3. The molecular weight excluding hydrogens is 253 g/mol. The molecule has 0 aliphatic heterocycles. The number of nitrogens with zero attached hydrogens (tertiary/aromatic N) is 1. The maximum absolute atomic E-state index is 13.6. The molecule has 3 N–H and O–H groups in total. The fourth-order valence-electron chi connectivity index (χ4n) is 2.15. The summed E-state index contributed by atoms with van der Waals surface area (Å²) in [6.45, 7) is 0.383. The van der Waals surface area contributed by atoms with E-state index < -0.39 is 0 Å². The number of rotatable bonds is 3. The Bertz CT molecular complexity index is 756. The van der Waals surface area contributed by atoms with Gasteiger partial charge in [-0.15, -0.1) is 0 Å². The summed E-state index contributed by atoms with van der Waals surface area (Å²) in [4.78, 5) is 4.30. The van der Waals surface area contributed by atoms with Crippen molar-refractivity contribution in [1.29, 1.82) is 0 Å². The van der Waals surface area contributed by atoms with Gasteiger partial charge in [0, 0.05) is 29.4 Å². The summed E-state index contributed by atoms with van der Waals surface area (Å²) in [5.74, 6) is 0.484. The molecule has 0 saturated heterocycles. The lowest BCUT2D eigenvalue weighted by atomic mass is 10.1. The minimum absolute atomic E-state index is 0.222. The molecule has 0 aliphatic rings. The molecule has 0 saturated carbocycles. The summed E-state index contributed by atoms with van der Waals surface area (Å²) in [6, 6.07) is 14.3. The van der Waals surface area contributed by atoms with Crippen LogP contribution in [0.3, 0.4) is 0 Å². The van der Waals surface area contributed by atoms with Crippen molar-refractivity contribution in [3.63, 3.8) is 0 Å². The maximum Gasteiger partial charge on any atom is 0.134 e. The SMILES string of the molecule is Nc1ccc2ccnc(NCc3ccccc3F)c2c1. The Balaban J connectivity index is 1.91. The quantitative estimate of drug-likeness (QED) is 0.713. The van der Waals surface area contributed by atoms with Gasteiger partial charge in [-0.2, -0.15) is 0 Å². The van der Waals surface area contributed by atoms with Gasteiger partial charge in [-0.1, -0.05) is 24.3 Å². The van der Waals surface area contributed by atoms with Crippen LogP contribution in [-0.4, -0.2) is 4.98 Å². The van der Waals surface area contributed by atoms with E-state index in [2.05, 4.69) is 10.3 Å². The van der Waals surface area contributed by atoms with Crippen molar-refractivity contribution in [2.24, 2.45) is 0 Å². The van der Waals surface area contributed by atoms with Gasteiger partial charge in [-0.05, 0) is 29.7 Å². The Morgan fingerprint density at radius 1 is 1.10 bits per heavy atom. The number of aromatic nitrogens is 1. The molecule has 0 bridgehead atoms. The Kier molecular flexibility index (Phi) is 3.21. The molecule has 0 spiro atoms. The second-order valence-corrected chi connectivity index (χ2v) is 4.59. The molecule has 3 rings (SSSR count). The van der Waals surface area contributed by atoms with Gasteiger partial charge in [-0.25, -0.2) is 9.37 Å². The summed E-state index contributed by atoms with van der Waals surface area (Å²) < 4.78 is 13.6. The molecule has 2 aromatic carbocycles. The van der Waals surface area contributed by atoms with Crippen molar-refractivity contribution in [2.45, 2.75) is 6.54 Å². The molecule has 3 aromatic rings. The highest BCUT2D eigenvalue weighted by Gasteiger charge is 2.05. The molecule has 0 unspecified atom stereocenters. The molecule has 0 fully saturated rings.